The molecule has 0 aliphatic heterocycles. The molecule has 4 nitrogen and oxygen atoms in total. The van der Waals surface area contributed by atoms with Crippen LogP contribution in [0.15, 0.2) is 45.5 Å². The Labute approximate surface area is 112 Å². The summed E-state index contributed by atoms with van der Waals surface area (Å²) < 4.78 is 23.2. The first kappa shape index (κ1) is 11.8. The fourth-order valence-electron chi connectivity index (χ4n) is 1.84. The van der Waals surface area contributed by atoms with E-state index >= 15 is 0 Å². The summed E-state index contributed by atoms with van der Waals surface area (Å²) in [7, 11) is 0. The standard InChI is InChI=1S/C13H8ClFN2O2/c14-12-9(5-6-18-12)11-10(13(16)17-19-11)7-1-3-8(15)4-2-7/h1-6H,(H2,16,17). The van der Waals surface area contributed by atoms with Gasteiger partial charge >= 0.3 is 0 Å². The zero-order valence-corrected chi connectivity index (χ0v) is 10.3. The van der Waals surface area contributed by atoms with Gasteiger partial charge in [0, 0.05) is 0 Å². The second kappa shape index (κ2) is 4.44. The predicted octanol–water partition coefficient (Wildman–Crippen LogP) is 3.98. The molecular weight excluding hydrogens is 271 g/mol. The van der Waals surface area contributed by atoms with E-state index in [2.05, 4.69) is 5.16 Å². The summed E-state index contributed by atoms with van der Waals surface area (Å²) >= 11 is 5.91. The average Bonchev–Trinajstić information content (AvgIpc) is 2.97. The Bertz CT molecular complexity index is 719. The van der Waals surface area contributed by atoms with Crippen molar-refractivity contribution >= 4 is 17.4 Å². The van der Waals surface area contributed by atoms with Crippen molar-refractivity contribution in [2.75, 3.05) is 5.73 Å². The van der Waals surface area contributed by atoms with Crippen molar-refractivity contribution in [1.82, 2.24) is 5.16 Å². The van der Waals surface area contributed by atoms with Crippen LogP contribution in [0, 0.1) is 5.82 Å². The number of furan rings is 1. The molecule has 3 rings (SSSR count). The maximum absolute atomic E-state index is 13.0. The van der Waals surface area contributed by atoms with Gasteiger partial charge in [-0.05, 0) is 35.4 Å². The van der Waals surface area contributed by atoms with Gasteiger partial charge in [0.05, 0.1) is 17.4 Å². The number of nitrogens with zero attached hydrogens (tertiary/aromatic N) is 1. The van der Waals surface area contributed by atoms with Crippen molar-refractivity contribution in [1.29, 1.82) is 0 Å². The number of nitrogens with two attached hydrogens (primary N) is 1. The maximum atomic E-state index is 13.0. The van der Waals surface area contributed by atoms with Gasteiger partial charge in [-0.2, -0.15) is 0 Å². The number of hydrogen-bond acceptors (Lipinski definition) is 4. The largest absolute Gasteiger partial charge is 0.452 e. The average molecular weight is 279 g/mol. The summed E-state index contributed by atoms with van der Waals surface area (Å²) in [6, 6.07) is 7.51. The molecule has 0 aliphatic rings. The number of benzene rings is 1. The van der Waals surface area contributed by atoms with E-state index in [1.165, 1.54) is 18.4 Å². The molecule has 0 amide bonds. The molecule has 0 bridgehead atoms. The first-order valence-corrected chi connectivity index (χ1v) is 5.79. The summed E-state index contributed by atoms with van der Waals surface area (Å²) in [6.45, 7) is 0. The van der Waals surface area contributed by atoms with Gasteiger partial charge in [-0.1, -0.05) is 17.3 Å². The van der Waals surface area contributed by atoms with Crippen molar-refractivity contribution in [3.63, 3.8) is 0 Å². The molecule has 0 saturated heterocycles. The van der Waals surface area contributed by atoms with E-state index < -0.39 is 0 Å². The van der Waals surface area contributed by atoms with Gasteiger partial charge in [-0.25, -0.2) is 4.39 Å². The summed E-state index contributed by atoms with van der Waals surface area (Å²) in [4.78, 5) is 0. The fourth-order valence-corrected chi connectivity index (χ4v) is 2.04. The van der Waals surface area contributed by atoms with Gasteiger partial charge < -0.3 is 14.7 Å². The van der Waals surface area contributed by atoms with E-state index in [1.807, 2.05) is 0 Å². The molecule has 0 spiro atoms. The van der Waals surface area contributed by atoms with Crippen LogP contribution in [0.25, 0.3) is 22.5 Å². The highest BCUT2D eigenvalue weighted by Crippen LogP contribution is 2.39. The van der Waals surface area contributed by atoms with Crippen LogP contribution in [-0.4, -0.2) is 5.16 Å². The molecule has 19 heavy (non-hydrogen) atoms. The SMILES string of the molecule is Nc1noc(-c2ccoc2Cl)c1-c1ccc(F)cc1. The summed E-state index contributed by atoms with van der Waals surface area (Å²) in [5.74, 6) is 0.267. The van der Waals surface area contributed by atoms with Crippen LogP contribution < -0.4 is 5.73 Å². The van der Waals surface area contributed by atoms with E-state index in [-0.39, 0.29) is 16.9 Å². The number of nitrogen functional groups attached to an aromatic ring is 1. The van der Waals surface area contributed by atoms with E-state index in [0.29, 0.717) is 22.5 Å². The minimum Gasteiger partial charge on any atom is -0.452 e. The first-order chi connectivity index (χ1) is 9.16. The Morgan fingerprint density at radius 3 is 2.53 bits per heavy atom. The van der Waals surface area contributed by atoms with E-state index in [9.17, 15) is 4.39 Å². The summed E-state index contributed by atoms with van der Waals surface area (Å²) in [5.41, 5.74) is 7.59. The molecule has 6 heteroatoms. The monoisotopic (exact) mass is 278 g/mol. The predicted molar refractivity (Wildman–Crippen MR) is 69.0 cm³/mol. The fraction of sp³-hybridized carbons (Fsp3) is 0. The molecule has 0 radical (unpaired) electrons. The van der Waals surface area contributed by atoms with Crippen molar-refractivity contribution in [3.05, 3.63) is 47.6 Å². The summed E-state index contributed by atoms with van der Waals surface area (Å²) in [5, 5.41) is 3.90. The lowest BCUT2D eigenvalue weighted by atomic mass is 10.0. The van der Waals surface area contributed by atoms with Crippen molar-refractivity contribution in [3.8, 4) is 22.5 Å². The van der Waals surface area contributed by atoms with Gasteiger partial charge in [0.15, 0.2) is 11.6 Å². The third kappa shape index (κ3) is 1.98. The molecule has 2 aromatic heterocycles. The van der Waals surface area contributed by atoms with Crippen LogP contribution >= 0.6 is 11.6 Å². The van der Waals surface area contributed by atoms with Gasteiger partial charge in [0.25, 0.3) is 0 Å². The zero-order valence-electron chi connectivity index (χ0n) is 9.56. The second-order valence-electron chi connectivity index (χ2n) is 3.89. The van der Waals surface area contributed by atoms with Crippen molar-refractivity contribution in [2.24, 2.45) is 0 Å². The zero-order chi connectivity index (χ0) is 13.4. The number of halogens is 2. The summed E-state index contributed by atoms with van der Waals surface area (Å²) in [6.07, 6.45) is 1.44. The Morgan fingerprint density at radius 1 is 1.16 bits per heavy atom. The molecule has 96 valence electrons. The first-order valence-electron chi connectivity index (χ1n) is 5.41. The van der Waals surface area contributed by atoms with E-state index in [0.717, 1.165) is 0 Å². The van der Waals surface area contributed by atoms with Crippen LogP contribution in [0.1, 0.15) is 0 Å². The third-order valence-corrected chi connectivity index (χ3v) is 3.01. The molecule has 0 unspecified atom stereocenters. The lowest BCUT2D eigenvalue weighted by molar-refractivity contribution is 0.435. The molecule has 0 saturated carbocycles. The Kier molecular flexibility index (Phi) is 2.76. The quantitative estimate of drug-likeness (QED) is 0.770. The topological polar surface area (TPSA) is 65.2 Å². The highest BCUT2D eigenvalue weighted by molar-refractivity contribution is 6.31. The van der Waals surface area contributed by atoms with Crippen LogP contribution in [0.2, 0.25) is 5.22 Å². The van der Waals surface area contributed by atoms with Crippen molar-refractivity contribution in [2.45, 2.75) is 0 Å². The smallest absolute Gasteiger partial charge is 0.204 e. The minimum atomic E-state index is -0.332. The Balaban J connectivity index is 2.19. The molecule has 1 aromatic carbocycles. The van der Waals surface area contributed by atoms with Gasteiger partial charge in [0.2, 0.25) is 5.22 Å². The molecule has 0 atom stereocenters. The van der Waals surface area contributed by atoms with Gasteiger partial charge in [0.1, 0.15) is 5.82 Å². The second-order valence-corrected chi connectivity index (χ2v) is 4.23. The minimum absolute atomic E-state index is 0.180. The van der Waals surface area contributed by atoms with Gasteiger partial charge in [-0.3, -0.25) is 0 Å². The number of anilines is 1. The van der Waals surface area contributed by atoms with Gasteiger partial charge in [-0.15, -0.1) is 0 Å². The number of rotatable bonds is 2. The maximum Gasteiger partial charge on any atom is 0.204 e. The van der Waals surface area contributed by atoms with Crippen molar-refractivity contribution < 1.29 is 13.3 Å². The van der Waals surface area contributed by atoms with Crippen LogP contribution in [0.3, 0.4) is 0 Å². The normalized spacial score (nSPS) is 10.8. The molecule has 2 heterocycles. The van der Waals surface area contributed by atoms with Crippen LogP contribution in [0.5, 0.6) is 0 Å². The molecule has 3 aromatic rings. The highest BCUT2D eigenvalue weighted by atomic mass is 35.5. The van der Waals surface area contributed by atoms with E-state index in [4.69, 9.17) is 26.3 Å². The number of hydrogen-bond donors (Lipinski definition) is 1. The van der Waals surface area contributed by atoms with E-state index in [1.54, 1.807) is 18.2 Å². The molecule has 0 aliphatic carbocycles. The Hall–Kier alpha value is -2.27. The highest BCUT2D eigenvalue weighted by Gasteiger charge is 2.21. The third-order valence-electron chi connectivity index (χ3n) is 2.71. The molecule has 0 fully saturated rings. The molecule has 2 N–H and O–H groups in total. The lowest BCUT2D eigenvalue weighted by Crippen LogP contribution is -1.89. The lowest BCUT2D eigenvalue weighted by Gasteiger charge is -2.01. The van der Waals surface area contributed by atoms with Crippen LogP contribution in [0.4, 0.5) is 10.2 Å². The number of aromatic nitrogens is 1. The molecular formula is C13H8ClFN2O2. The van der Waals surface area contributed by atoms with Crippen LogP contribution in [-0.2, 0) is 0 Å². The Morgan fingerprint density at radius 2 is 1.89 bits per heavy atom.